The Kier molecular flexibility index (Phi) is 10.5. The van der Waals surface area contributed by atoms with Gasteiger partial charge in [0, 0.05) is 30.7 Å². The molecule has 20 heavy (non-hydrogen) atoms. The second-order valence-electron chi connectivity index (χ2n) is 5.03. The zero-order valence-electron chi connectivity index (χ0n) is 13.5. The van der Waals surface area contributed by atoms with E-state index in [0.717, 1.165) is 37.1 Å². The summed E-state index contributed by atoms with van der Waals surface area (Å²) in [6.07, 6.45) is 11.1. The third-order valence-corrected chi connectivity index (χ3v) is 3.11. The standard InChI is InChI=1S/C17H31N3/c1-6-16(18)13-19-11-15(10-9-14(4)5)12-20-17(7-2)8-3/h9-11,13,17,19-20H,4,6-8,12,18H2,1-3,5H3/b10-9-,15-11+,16-13-. The topological polar surface area (TPSA) is 50.1 Å². The van der Waals surface area contributed by atoms with Crippen molar-refractivity contribution in [2.75, 3.05) is 6.54 Å². The van der Waals surface area contributed by atoms with E-state index in [2.05, 4.69) is 37.1 Å². The Hall–Kier alpha value is -1.48. The number of rotatable bonds is 10. The van der Waals surface area contributed by atoms with E-state index in [1.165, 1.54) is 5.57 Å². The van der Waals surface area contributed by atoms with Crippen molar-refractivity contribution in [2.24, 2.45) is 5.73 Å². The van der Waals surface area contributed by atoms with Crippen LogP contribution in [0.5, 0.6) is 0 Å². The molecule has 0 aromatic carbocycles. The Morgan fingerprint density at radius 2 is 1.80 bits per heavy atom. The van der Waals surface area contributed by atoms with E-state index in [1.807, 2.05) is 32.3 Å². The highest BCUT2D eigenvalue weighted by Gasteiger charge is 2.02. The molecule has 0 aromatic heterocycles. The molecule has 0 heterocycles. The largest absolute Gasteiger partial charge is 0.401 e. The van der Waals surface area contributed by atoms with Gasteiger partial charge >= 0.3 is 0 Å². The molecule has 0 atom stereocenters. The number of nitrogens with two attached hydrogens (primary N) is 1. The van der Waals surface area contributed by atoms with E-state index >= 15 is 0 Å². The van der Waals surface area contributed by atoms with Gasteiger partial charge in [0.25, 0.3) is 0 Å². The maximum atomic E-state index is 5.77. The van der Waals surface area contributed by atoms with Crippen LogP contribution in [0.2, 0.25) is 0 Å². The second-order valence-corrected chi connectivity index (χ2v) is 5.03. The zero-order chi connectivity index (χ0) is 15.4. The summed E-state index contributed by atoms with van der Waals surface area (Å²) in [5.41, 5.74) is 8.84. The minimum atomic E-state index is 0.563. The molecule has 0 aliphatic heterocycles. The van der Waals surface area contributed by atoms with Crippen LogP contribution < -0.4 is 16.4 Å². The predicted octanol–water partition coefficient (Wildman–Crippen LogP) is 3.58. The van der Waals surface area contributed by atoms with E-state index in [-0.39, 0.29) is 0 Å². The zero-order valence-corrected chi connectivity index (χ0v) is 13.5. The van der Waals surface area contributed by atoms with Crippen LogP contribution in [0.15, 0.2) is 48.0 Å². The van der Waals surface area contributed by atoms with Gasteiger partial charge in [-0.1, -0.05) is 45.1 Å². The number of allylic oxidation sites excluding steroid dienone is 3. The van der Waals surface area contributed by atoms with E-state index < -0.39 is 0 Å². The molecule has 0 saturated heterocycles. The molecule has 0 spiro atoms. The fourth-order valence-electron chi connectivity index (χ4n) is 1.60. The summed E-state index contributed by atoms with van der Waals surface area (Å²) in [6.45, 7) is 13.2. The number of hydrogen-bond acceptors (Lipinski definition) is 3. The minimum Gasteiger partial charge on any atom is -0.401 e. The summed E-state index contributed by atoms with van der Waals surface area (Å²) in [5.74, 6) is 0. The molecule has 3 heteroatoms. The van der Waals surface area contributed by atoms with Crippen molar-refractivity contribution in [1.82, 2.24) is 10.6 Å². The van der Waals surface area contributed by atoms with Gasteiger partial charge < -0.3 is 16.4 Å². The summed E-state index contributed by atoms with van der Waals surface area (Å²) in [4.78, 5) is 0. The average molecular weight is 277 g/mol. The van der Waals surface area contributed by atoms with Crippen molar-refractivity contribution in [3.63, 3.8) is 0 Å². The van der Waals surface area contributed by atoms with E-state index in [9.17, 15) is 0 Å². The number of nitrogens with one attached hydrogen (secondary N) is 2. The smallest absolute Gasteiger partial charge is 0.0240 e. The molecule has 0 aromatic rings. The van der Waals surface area contributed by atoms with Gasteiger partial charge in [0.2, 0.25) is 0 Å². The molecule has 0 aliphatic carbocycles. The third kappa shape index (κ3) is 9.45. The van der Waals surface area contributed by atoms with Gasteiger partial charge in [0.15, 0.2) is 0 Å². The Morgan fingerprint density at radius 3 is 2.30 bits per heavy atom. The number of hydrogen-bond donors (Lipinski definition) is 3. The molecule has 0 saturated carbocycles. The molecule has 0 unspecified atom stereocenters. The SMILES string of the molecule is C=C(C)/C=C\C(=C/N/C=C(\N)CC)CNC(CC)CC. The van der Waals surface area contributed by atoms with Crippen molar-refractivity contribution in [2.45, 2.75) is 53.0 Å². The lowest BCUT2D eigenvalue weighted by molar-refractivity contribution is 0.506. The van der Waals surface area contributed by atoms with Gasteiger partial charge in [0.05, 0.1) is 0 Å². The lowest BCUT2D eigenvalue weighted by Gasteiger charge is -2.15. The Balaban J connectivity index is 4.63. The molecule has 0 bridgehead atoms. The van der Waals surface area contributed by atoms with E-state index in [0.29, 0.717) is 6.04 Å². The van der Waals surface area contributed by atoms with Gasteiger partial charge in [-0.05, 0) is 31.8 Å². The van der Waals surface area contributed by atoms with Crippen molar-refractivity contribution in [3.8, 4) is 0 Å². The molecular formula is C17H31N3. The first-order valence-corrected chi connectivity index (χ1v) is 7.49. The molecule has 0 amide bonds. The lowest BCUT2D eigenvalue weighted by atomic mass is 10.1. The fourth-order valence-corrected chi connectivity index (χ4v) is 1.60. The van der Waals surface area contributed by atoms with Crippen LogP contribution in [0.25, 0.3) is 0 Å². The summed E-state index contributed by atoms with van der Waals surface area (Å²) in [6, 6.07) is 0.563. The van der Waals surface area contributed by atoms with Crippen LogP contribution in [-0.4, -0.2) is 12.6 Å². The first-order chi connectivity index (χ1) is 9.53. The average Bonchev–Trinajstić information content (AvgIpc) is 2.44. The molecule has 0 radical (unpaired) electrons. The Bertz CT molecular complexity index is 360. The maximum Gasteiger partial charge on any atom is 0.0240 e. The Labute approximate surface area is 124 Å². The lowest BCUT2D eigenvalue weighted by Crippen LogP contribution is -2.29. The van der Waals surface area contributed by atoms with E-state index in [4.69, 9.17) is 5.73 Å². The highest BCUT2D eigenvalue weighted by atomic mass is 14.9. The highest BCUT2D eigenvalue weighted by Crippen LogP contribution is 2.02. The fraction of sp³-hybridized carbons (Fsp3) is 0.529. The molecule has 4 N–H and O–H groups in total. The molecular weight excluding hydrogens is 246 g/mol. The van der Waals surface area contributed by atoms with Crippen LogP contribution >= 0.6 is 0 Å². The van der Waals surface area contributed by atoms with Crippen molar-refractivity contribution < 1.29 is 0 Å². The van der Waals surface area contributed by atoms with Crippen molar-refractivity contribution in [3.05, 3.63) is 48.0 Å². The quantitative estimate of drug-likeness (QED) is 0.535. The summed E-state index contributed by atoms with van der Waals surface area (Å²) >= 11 is 0. The van der Waals surface area contributed by atoms with Crippen LogP contribution in [0.3, 0.4) is 0 Å². The van der Waals surface area contributed by atoms with Crippen molar-refractivity contribution >= 4 is 0 Å². The van der Waals surface area contributed by atoms with Gasteiger partial charge in [-0.25, -0.2) is 0 Å². The Morgan fingerprint density at radius 1 is 1.15 bits per heavy atom. The molecule has 0 fully saturated rings. The monoisotopic (exact) mass is 277 g/mol. The van der Waals surface area contributed by atoms with Crippen LogP contribution in [0.4, 0.5) is 0 Å². The summed E-state index contributed by atoms with van der Waals surface area (Å²) in [5, 5.41) is 6.70. The normalized spacial score (nSPS) is 13.2. The minimum absolute atomic E-state index is 0.563. The second kappa shape index (κ2) is 11.4. The van der Waals surface area contributed by atoms with E-state index in [1.54, 1.807) is 0 Å². The summed E-state index contributed by atoms with van der Waals surface area (Å²) in [7, 11) is 0. The first kappa shape index (κ1) is 18.5. The molecule has 3 nitrogen and oxygen atoms in total. The van der Waals surface area contributed by atoms with Gasteiger partial charge in [-0.15, -0.1) is 0 Å². The maximum absolute atomic E-state index is 5.77. The molecule has 0 aliphatic rings. The van der Waals surface area contributed by atoms with Crippen LogP contribution in [0, 0.1) is 0 Å². The third-order valence-electron chi connectivity index (χ3n) is 3.11. The summed E-state index contributed by atoms with van der Waals surface area (Å²) < 4.78 is 0. The van der Waals surface area contributed by atoms with Gasteiger partial charge in [-0.3, -0.25) is 0 Å². The predicted molar refractivity (Wildman–Crippen MR) is 90.1 cm³/mol. The van der Waals surface area contributed by atoms with Gasteiger partial charge in [-0.2, -0.15) is 0 Å². The first-order valence-electron chi connectivity index (χ1n) is 7.49. The highest BCUT2D eigenvalue weighted by molar-refractivity contribution is 5.26. The molecule has 0 rings (SSSR count). The van der Waals surface area contributed by atoms with Crippen molar-refractivity contribution in [1.29, 1.82) is 0 Å². The van der Waals surface area contributed by atoms with Gasteiger partial charge in [0.1, 0.15) is 0 Å². The molecule has 114 valence electrons. The van der Waals surface area contributed by atoms with Crippen LogP contribution in [0.1, 0.15) is 47.0 Å². The van der Waals surface area contributed by atoms with Crippen LogP contribution in [-0.2, 0) is 0 Å².